The summed E-state index contributed by atoms with van der Waals surface area (Å²) in [6, 6.07) is 11.9. The molecule has 0 bridgehead atoms. The van der Waals surface area contributed by atoms with Crippen LogP contribution in [0.25, 0.3) is 5.65 Å². The molecule has 0 unspecified atom stereocenters. The van der Waals surface area contributed by atoms with Crippen molar-refractivity contribution in [2.75, 3.05) is 0 Å². The van der Waals surface area contributed by atoms with Crippen molar-refractivity contribution < 1.29 is 0 Å². The largest absolute Gasteiger partial charge is 0.326 e. The molecule has 2 aromatic heterocycles. The van der Waals surface area contributed by atoms with Crippen molar-refractivity contribution in [3.05, 3.63) is 70.6 Å². The van der Waals surface area contributed by atoms with Crippen LogP contribution in [0, 0.1) is 0 Å². The molecule has 2 N–H and O–H groups in total. The summed E-state index contributed by atoms with van der Waals surface area (Å²) in [6.07, 6.45) is 4.83. The second kappa shape index (κ2) is 5.03. The normalized spacial score (nSPS) is 11.1. The lowest BCUT2D eigenvalue weighted by Crippen LogP contribution is -1.97. The molecule has 96 valence electrons. The fourth-order valence-corrected chi connectivity index (χ4v) is 2.37. The molecule has 0 amide bonds. The summed E-state index contributed by atoms with van der Waals surface area (Å²) in [5, 5.41) is 0.756. The molecule has 0 atom stereocenters. The van der Waals surface area contributed by atoms with Gasteiger partial charge >= 0.3 is 0 Å². The van der Waals surface area contributed by atoms with Gasteiger partial charge in [0, 0.05) is 30.4 Å². The number of fused-ring (bicyclic) bond motifs is 1. The first kappa shape index (κ1) is 12.2. The first-order valence-corrected chi connectivity index (χ1v) is 6.53. The topological polar surface area (TPSA) is 43.3 Å². The van der Waals surface area contributed by atoms with Gasteiger partial charge in [0.1, 0.15) is 5.65 Å². The SMILES string of the molecule is NCc1ccc2nc(Cc3cccc(Cl)c3)cn2c1. The van der Waals surface area contributed by atoms with Crippen LogP contribution in [0.5, 0.6) is 0 Å². The van der Waals surface area contributed by atoms with E-state index >= 15 is 0 Å². The first-order valence-electron chi connectivity index (χ1n) is 6.15. The lowest BCUT2D eigenvalue weighted by molar-refractivity contribution is 1.03. The average molecular weight is 272 g/mol. The Kier molecular flexibility index (Phi) is 3.23. The zero-order chi connectivity index (χ0) is 13.2. The maximum absolute atomic E-state index is 5.99. The van der Waals surface area contributed by atoms with Gasteiger partial charge in [0.2, 0.25) is 0 Å². The second-order valence-corrected chi connectivity index (χ2v) is 4.98. The van der Waals surface area contributed by atoms with Crippen LogP contribution >= 0.6 is 11.6 Å². The standard InChI is InChI=1S/C15H14ClN3/c16-13-3-1-2-11(6-13)7-14-10-19-9-12(8-17)4-5-15(19)18-14/h1-6,9-10H,7-8,17H2. The van der Waals surface area contributed by atoms with Gasteiger partial charge in [-0.05, 0) is 29.3 Å². The Morgan fingerprint density at radius 3 is 2.79 bits per heavy atom. The highest BCUT2D eigenvalue weighted by Crippen LogP contribution is 2.15. The highest BCUT2D eigenvalue weighted by atomic mass is 35.5. The molecule has 0 spiro atoms. The van der Waals surface area contributed by atoms with Crippen molar-refractivity contribution in [1.29, 1.82) is 0 Å². The fraction of sp³-hybridized carbons (Fsp3) is 0.133. The molecular weight excluding hydrogens is 258 g/mol. The van der Waals surface area contributed by atoms with Crippen LogP contribution < -0.4 is 5.73 Å². The van der Waals surface area contributed by atoms with E-state index in [0.29, 0.717) is 6.54 Å². The number of nitrogens with two attached hydrogens (primary N) is 1. The summed E-state index contributed by atoms with van der Waals surface area (Å²) in [5.74, 6) is 0. The molecule has 0 saturated heterocycles. The van der Waals surface area contributed by atoms with Gasteiger partial charge in [0.15, 0.2) is 0 Å². The van der Waals surface area contributed by atoms with Gasteiger partial charge in [0.05, 0.1) is 5.69 Å². The van der Waals surface area contributed by atoms with Gasteiger partial charge in [-0.15, -0.1) is 0 Å². The number of benzene rings is 1. The van der Waals surface area contributed by atoms with Crippen molar-refractivity contribution in [3.63, 3.8) is 0 Å². The van der Waals surface area contributed by atoms with Crippen molar-refractivity contribution in [2.24, 2.45) is 5.73 Å². The highest BCUT2D eigenvalue weighted by Gasteiger charge is 2.04. The predicted molar refractivity (Wildman–Crippen MR) is 77.3 cm³/mol. The maximum Gasteiger partial charge on any atom is 0.137 e. The van der Waals surface area contributed by atoms with Crippen LogP contribution in [0.2, 0.25) is 5.02 Å². The van der Waals surface area contributed by atoms with Crippen LogP contribution in [0.1, 0.15) is 16.8 Å². The van der Waals surface area contributed by atoms with E-state index in [2.05, 4.69) is 11.1 Å². The van der Waals surface area contributed by atoms with Gasteiger partial charge in [0.25, 0.3) is 0 Å². The Bertz CT molecular complexity index is 718. The Hall–Kier alpha value is -1.84. The molecule has 3 aromatic rings. The van der Waals surface area contributed by atoms with Gasteiger partial charge in [-0.2, -0.15) is 0 Å². The number of imidazole rings is 1. The van der Waals surface area contributed by atoms with Crippen molar-refractivity contribution in [1.82, 2.24) is 9.38 Å². The molecule has 0 radical (unpaired) electrons. The zero-order valence-corrected chi connectivity index (χ0v) is 11.1. The van der Waals surface area contributed by atoms with Crippen LogP contribution in [0.4, 0.5) is 0 Å². The van der Waals surface area contributed by atoms with E-state index < -0.39 is 0 Å². The minimum atomic E-state index is 0.539. The summed E-state index contributed by atoms with van der Waals surface area (Å²) in [4.78, 5) is 4.59. The maximum atomic E-state index is 5.99. The molecule has 19 heavy (non-hydrogen) atoms. The molecular formula is C15H14ClN3. The number of halogens is 1. The quantitative estimate of drug-likeness (QED) is 0.796. The van der Waals surface area contributed by atoms with Crippen molar-refractivity contribution in [2.45, 2.75) is 13.0 Å². The molecule has 0 aliphatic carbocycles. The van der Waals surface area contributed by atoms with E-state index in [1.165, 1.54) is 0 Å². The molecule has 0 aliphatic heterocycles. The summed E-state index contributed by atoms with van der Waals surface area (Å²) < 4.78 is 2.02. The Labute approximate surface area is 116 Å². The minimum absolute atomic E-state index is 0.539. The number of rotatable bonds is 3. The van der Waals surface area contributed by atoms with E-state index in [0.717, 1.165) is 33.9 Å². The minimum Gasteiger partial charge on any atom is -0.326 e. The van der Waals surface area contributed by atoms with Gasteiger partial charge in [-0.1, -0.05) is 29.8 Å². The van der Waals surface area contributed by atoms with Crippen LogP contribution in [0.3, 0.4) is 0 Å². The van der Waals surface area contributed by atoms with Gasteiger partial charge in [-0.25, -0.2) is 4.98 Å². The van der Waals surface area contributed by atoms with E-state index in [1.807, 2.05) is 47.1 Å². The Balaban J connectivity index is 1.93. The number of aromatic nitrogens is 2. The zero-order valence-electron chi connectivity index (χ0n) is 10.4. The molecule has 2 heterocycles. The van der Waals surface area contributed by atoms with E-state index in [1.54, 1.807) is 0 Å². The van der Waals surface area contributed by atoms with Gasteiger partial charge in [-0.3, -0.25) is 0 Å². The number of hydrogen-bond donors (Lipinski definition) is 1. The van der Waals surface area contributed by atoms with Crippen LogP contribution in [-0.2, 0) is 13.0 Å². The molecule has 4 heteroatoms. The molecule has 0 fully saturated rings. The van der Waals surface area contributed by atoms with Crippen molar-refractivity contribution >= 4 is 17.2 Å². The highest BCUT2D eigenvalue weighted by molar-refractivity contribution is 6.30. The summed E-state index contributed by atoms with van der Waals surface area (Å²) >= 11 is 5.99. The van der Waals surface area contributed by atoms with Gasteiger partial charge < -0.3 is 10.1 Å². The van der Waals surface area contributed by atoms with Crippen molar-refractivity contribution in [3.8, 4) is 0 Å². The fourth-order valence-electron chi connectivity index (χ4n) is 2.15. The molecule has 3 rings (SSSR count). The third-order valence-electron chi connectivity index (χ3n) is 3.07. The lowest BCUT2D eigenvalue weighted by atomic mass is 10.1. The summed E-state index contributed by atoms with van der Waals surface area (Å²) in [7, 11) is 0. The van der Waals surface area contributed by atoms with E-state index in [-0.39, 0.29) is 0 Å². The lowest BCUT2D eigenvalue weighted by Gasteiger charge is -1.98. The van der Waals surface area contributed by atoms with Crippen LogP contribution in [-0.4, -0.2) is 9.38 Å². The molecule has 3 nitrogen and oxygen atoms in total. The van der Waals surface area contributed by atoms with E-state index in [4.69, 9.17) is 17.3 Å². The van der Waals surface area contributed by atoms with Crippen LogP contribution in [0.15, 0.2) is 48.8 Å². The average Bonchev–Trinajstić information content (AvgIpc) is 2.79. The predicted octanol–water partition coefficient (Wildman–Crippen LogP) is 3.04. The number of hydrogen-bond acceptors (Lipinski definition) is 2. The smallest absolute Gasteiger partial charge is 0.137 e. The first-order chi connectivity index (χ1) is 9.24. The summed E-state index contributed by atoms with van der Waals surface area (Å²) in [5.41, 5.74) is 9.86. The third-order valence-corrected chi connectivity index (χ3v) is 3.31. The monoisotopic (exact) mass is 271 g/mol. The number of pyridine rings is 1. The Morgan fingerprint density at radius 1 is 1.11 bits per heavy atom. The molecule has 0 saturated carbocycles. The number of nitrogens with zero attached hydrogens (tertiary/aromatic N) is 2. The second-order valence-electron chi connectivity index (χ2n) is 4.55. The summed E-state index contributed by atoms with van der Waals surface area (Å²) in [6.45, 7) is 0.539. The molecule has 0 aliphatic rings. The Morgan fingerprint density at radius 2 is 2.00 bits per heavy atom. The van der Waals surface area contributed by atoms with E-state index in [9.17, 15) is 0 Å². The molecule has 1 aromatic carbocycles. The third kappa shape index (κ3) is 2.62.